The van der Waals surface area contributed by atoms with Gasteiger partial charge < -0.3 is 20.6 Å². The Kier molecular flexibility index (Phi) is 48.5. The maximum Gasteiger partial charge on any atom is 0.222 e. The fraction of sp³-hybridized carbons (Fsp3) is 0.907. The minimum Gasteiger partial charge on any atom is -0.394 e. The van der Waals surface area contributed by atoms with Crippen LogP contribution in [0.1, 0.15) is 290 Å². The first-order valence-corrected chi connectivity index (χ1v) is 26.6. The Labute approximate surface area is 369 Å². The average Bonchev–Trinajstić information content (AvgIpc) is 3.23. The number of rotatable bonds is 49. The lowest BCUT2D eigenvalue weighted by Gasteiger charge is -2.23. The summed E-state index contributed by atoms with van der Waals surface area (Å²) in [4.78, 5) is 12.5. The van der Waals surface area contributed by atoms with E-state index in [-0.39, 0.29) is 18.9 Å². The van der Waals surface area contributed by atoms with Gasteiger partial charge in [-0.2, -0.15) is 0 Å². The van der Waals surface area contributed by atoms with Crippen LogP contribution in [0.4, 0.5) is 0 Å². The van der Waals surface area contributed by atoms with Crippen LogP contribution in [0.25, 0.3) is 0 Å². The van der Waals surface area contributed by atoms with Crippen molar-refractivity contribution in [2.75, 3.05) is 6.61 Å². The minimum atomic E-state index is -0.747. The Morgan fingerprint density at radius 2 is 0.729 bits per heavy atom. The predicted molar refractivity (Wildman–Crippen MR) is 259 cm³/mol. The van der Waals surface area contributed by atoms with E-state index >= 15 is 0 Å². The number of carbonyl (C=O) groups excluding carboxylic acids is 1. The van der Waals surface area contributed by atoms with E-state index < -0.39 is 18.2 Å². The summed E-state index contributed by atoms with van der Waals surface area (Å²) < 4.78 is 0. The molecular formula is C54H105NO4. The van der Waals surface area contributed by atoms with Gasteiger partial charge in [0.15, 0.2) is 0 Å². The zero-order valence-electron chi connectivity index (χ0n) is 39.9. The van der Waals surface area contributed by atoms with E-state index in [4.69, 9.17) is 0 Å². The summed E-state index contributed by atoms with van der Waals surface area (Å²) in [6.45, 7) is 4.28. The lowest BCUT2D eigenvalue weighted by atomic mass is 10.0. The third-order valence-corrected chi connectivity index (χ3v) is 12.5. The van der Waals surface area contributed by atoms with Crippen molar-refractivity contribution in [1.82, 2.24) is 5.32 Å². The molecule has 3 atom stereocenters. The van der Waals surface area contributed by atoms with Crippen molar-refractivity contribution >= 4 is 5.91 Å². The number of amides is 1. The molecule has 3 unspecified atom stereocenters. The van der Waals surface area contributed by atoms with Crippen LogP contribution in [0.2, 0.25) is 0 Å². The maximum absolute atomic E-state index is 12.5. The normalized spacial score (nSPS) is 13.5. The number of aliphatic hydroxyl groups is 3. The molecule has 0 aromatic heterocycles. The zero-order chi connectivity index (χ0) is 43.0. The van der Waals surface area contributed by atoms with Gasteiger partial charge in [-0.1, -0.05) is 263 Å². The molecule has 0 aromatic rings. The molecule has 0 fully saturated rings. The molecular weight excluding hydrogens is 727 g/mol. The van der Waals surface area contributed by atoms with Crippen LogP contribution in [0.15, 0.2) is 24.3 Å². The number of hydrogen-bond donors (Lipinski definition) is 4. The maximum atomic E-state index is 12.5. The summed E-state index contributed by atoms with van der Waals surface area (Å²) in [6, 6.07) is -0.656. The first-order chi connectivity index (χ1) is 29.0. The topological polar surface area (TPSA) is 89.8 Å². The predicted octanol–water partition coefficient (Wildman–Crippen LogP) is 16.1. The van der Waals surface area contributed by atoms with E-state index in [2.05, 4.69) is 43.5 Å². The number of carbonyl (C=O) groups is 1. The largest absolute Gasteiger partial charge is 0.394 e. The monoisotopic (exact) mass is 832 g/mol. The quantitative estimate of drug-likeness (QED) is 0.0363. The van der Waals surface area contributed by atoms with Gasteiger partial charge in [0, 0.05) is 0 Å². The molecule has 0 radical (unpaired) electrons. The van der Waals surface area contributed by atoms with Crippen LogP contribution in [0.3, 0.4) is 0 Å². The van der Waals surface area contributed by atoms with Crippen LogP contribution >= 0.6 is 0 Å². The van der Waals surface area contributed by atoms with Crippen LogP contribution < -0.4 is 5.32 Å². The summed E-state index contributed by atoms with van der Waals surface area (Å²) in [7, 11) is 0. The molecule has 0 aliphatic carbocycles. The van der Waals surface area contributed by atoms with Gasteiger partial charge in [-0.05, 0) is 44.9 Å². The lowest BCUT2D eigenvalue weighted by Crippen LogP contribution is -2.46. The molecule has 59 heavy (non-hydrogen) atoms. The van der Waals surface area contributed by atoms with E-state index in [1.54, 1.807) is 0 Å². The Bertz CT molecular complexity index is 874. The van der Waals surface area contributed by atoms with E-state index in [9.17, 15) is 20.1 Å². The smallest absolute Gasteiger partial charge is 0.222 e. The van der Waals surface area contributed by atoms with Crippen LogP contribution in [0, 0.1) is 0 Å². The van der Waals surface area contributed by atoms with Gasteiger partial charge in [0.2, 0.25) is 5.91 Å². The van der Waals surface area contributed by atoms with Crippen molar-refractivity contribution in [3.05, 3.63) is 24.3 Å². The van der Waals surface area contributed by atoms with Crippen molar-refractivity contribution in [3.63, 3.8) is 0 Å². The highest BCUT2D eigenvalue weighted by Gasteiger charge is 2.21. The number of hydrogen-bond acceptors (Lipinski definition) is 4. The molecule has 350 valence electrons. The highest BCUT2D eigenvalue weighted by atomic mass is 16.3. The van der Waals surface area contributed by atoms with Gasteiger partial charge in [0.05, 0.1) is 31.3 Å². The summed E-state index contributed by atoms with van der Waals surface area (Å²) >= 11 is 0. The molecule has 0 heterocycles. The molecule has 4 N–H and O–H groups in total. The van der Waals surface area contributed by atoms with Crippen molar-refractivity contribution in [2.45, 2.75) is 308 Å². The molecule has 0 aliphatic rings. The first-order valence-electron chi connectivity index (χ1n) is 26.6. The molecule has 0 bridgehead atoms. The van der Waals surface area contributed by atoms with Gasteiger partial charge in [-0.25, -0.2) is 0 Å². The fourth-order valence-corrected chi connectivity index (χ4v) is 8.44. The van der Waals surface area contributed by atoms with Gasteiger partial charge >= 0.3 is 0 Å². The van der Waals surface area contributed by atoms with E-state index in [1.165, 1.54) is 225 Å². The van der Waals surface area contributed by atoms with E-state index in [0.29, 0.717) is 12.8 Å². The highest BCUT2D eigenvalue weighted by Crippen LogP contribution is 2.17. The molecule has 1 amide bonds. The molecule has 0 aliphatic heterocycles. The number of allylic oxidation sites excluding steroid dienone is 4. The van der Waals surface area contributed by atoms with Gasteiger partial charge in [0.25, 0.3) is 0 Å². The average molecular weight is 832 g/mol. The highest BCUT2D eigenvalue weighted by molar-refractivity contribution is 5.76. The van der Waals surface area contributed by atoms with Crippen molar-refractivity contribution in [3.8, 4) is 0 Å². The molecule has 0 spiro atoms. The second kappa shape index (κ2) is 49.5. The second-order valence-corrected chi connectivity index (χ2v) is 18.5. The third-order valence-electron chi connectivity index (χ3n) is 12.5. The van der Waals surface area contributed by atoms with E-state index in [1.807, 2.05) is 0 Å². The van der Waals surface area contributed by atoms with Crippen LogP contribution in [-0.4, -0.2) is 46.1 Å². The summed E-state index contributed by atoms with van der Waals surface area (Å²) in [5.74, 6) is -0.280. The Morgan fingerprint density at radius 3 is 1.07 bits per heavy atom. The third kappa shape index (κ3) is 46.2. The molecule has 5 nitrogen and oxygen atoms in total. The fourth-order valence-electron chi connectivity index (χ4n) is 8.44. The summed E-state index contributed by atoms with van der Waals surface area (Å²) in [5.41, 5.74) is 0. The molecule has 0 rings (SSSR count). The number of unbranched alkanes of at least 4 members (excludes halogenated alkanes) is 36. The van der Waals surface area contributed by atoms with Gasteiger partial charge in [-0.3, -0.25) is 4.79 Å². The summed E-state index contributed by atoms with van der Waals surface area (Å²) in [6.07, 6.45) is 61.8. The Morgan fingerprint density at radius 1 is 0.424 bits per heavy atom. The molecule has 5 heteroatoms. The van der Waals surface area contributed by atoms with Crippen molar-refractivity contribution in [1.29, 1.82) is 0 Å². The number of nitrogens with one attached hydrogen (secondary N) is 1. The van der Waals surface area contributed by atoms with Crippen LogP contribution in [-0.2, 0) is 4.79 Å². The SMILES string of the molecule is CCCCCCCCCCC/C=C\C/C=C\CCCCCCCCCCCCCCCCCC(O)CC(=O)NC(CO)C(O)CCCCCCCCCCCCCCC. The van der Waals surface area contributed by atoms with Crippen LogP contribution in [0.5, 0.6) is 0 Å². The standard InChI is InChI=1S/C54H105NO4/c1-3-5-7-9-11-13-15-17-18-19-20-21-22-23-24-25-26-27-28-29-30-31-32-33-34-36-37-39-41-43-45-47-51(57)49-54(59)55-52(50-56)53(58)48-46-44-42-40-38-35-16-14-12-10-8-6-4-2/h20-21,23-24,51-53,56-58H,3-19,22,25-50H2,1-2H3,(H,55,59)/b21-20-,24-23-. The Hall–Kier alpha value is -1.17. The van der Waals surface area contributed by atoms with Gasteiger partial charge in [-0.15, -0.1) is 0 Å². The molecule has 0 saturated carbocycles. The second-order valence-electron chi connectivity index (χ2n) is 18.5. The van der Waals surface area contributed by atoms with Gasteiger partial charge in [0.1, 0.15) is 0 Å². The first kappa shape index (κ1) is 57.8. The molecule has 0 aromatic carbocycles. The lowest BCUT2D eigenvalue weighted by molar-refractivity contribution is -0.125. The zero-order valence-corrected chi connectivity index (χ0v) is 39.9. The number of aliphatic hydroxyl groups excluding tert-OH is 3. The minimum absolute atomic E-state index is 0.0390. The summed E-state index contributed by atoms with van der Waals surface area (Å²) in [5, 5.41) is 33.5. The van der Waals surface area contributed by atoms with E-state index in [0.717, 1.165) is 32.1 Å². The van der Waals surface area contributed by atoms with Crippen molar-refractivity contribution < 1.29 is 20.1 Å². The Balaban J connectivity index is 3.49. The van der Waals surface area contributed by atoms with Crippen molar-refractivity contribution in [2.24, 2.45) is 0 Å². The molecule has 0 saturated heterocycles.